The highest BCUT2D eigenvalue weighted by molar-refractivity contribution is 5.88. The Bertz CT molecular complexity index is 480. The van der Waals surface area contributed by atoms with Gasteiger partial charge in [0.25, 0.3) is 0 Å². The number of ether oxygens (including phenoxy) is 1. The molecule has 0 bridgehead atoms. The van der Waals surface area contributed by atoms with E-state index >= 15 is 0 Å². The van der Waals surface area contributed by atoms with Gasteiger partial charge in [0.2, 0.25) is 0 Å². The van der Waals surface area contributed by atoms with Crippen molar-refractivity contribution in [3.8, 4) is 5.75 Å². The van der Waals surface area contributed by atoms with Crippen LogP contribution in [-0.4, -0.2) is 23.1 Å². The van der Waals surface area contributed by atoms with Gasteiger partial charge in [-0.25, -0.2) is 9.18 Å². The molecule has 1 rings (SSSR count). The van der Waals surface area contributed by atoms with E-state index in [4.69, 9.17) is 4.74 Å². The summed E-state index contributed by atoms with van der Waals surface area (Å²) >= 11 is 0. The van der Waals surface area contributed by atoms with Gasteiger partial charge in [-0.15, -0.1) is 0 Å². The molecule has 6 heteroatoms. The van der Waals surface area contributed by atoms with Gasteiger partial charge < -0.3 is 9.84 Å². The predicted molar refractivity (Wildman–Crippen MR) is 63.3 cm³/mol. The van der Waals surface area contributed by atoms with Gasteiger partial charge >= 0.3 is 6.09 Å². The zero-order chi connectivity index (χ0) is 13.9. The molecule has 0 heterocycles. The molecule has 98 valence electrons. The zero-order valence-electron chi connectivity index (χ0n) is 10.3. The van der Waals surface area contributed by atoms with Crippen molar-refractivity contribution in [2.75, 3.05) is 5.32 Å². The third-order valence-electron chi connectivity index (χ3n) is 1.88. The first kappa shape index (κ1) is 14.0. The summed E-state index contributed by atoms with van der Waals surface area (Å²) in [5.74, 6) is -1.35. The monoisotopic (exact) mass is 255 g/mol. The molecule has 0 aliphatic rings. The highest BCUT2D eigenvalue weighted by atomic mass is 19.1. The number of phenolic OH excluding ortho intramolecular Hbond substituents is 1. The van der Waals surface area contributed by atoms with Gasteiger partial charge in [0.1, 0.15) is 11.4 Å². The van der Waals surface area contributed by atoms with E-state index in [1.807, 2.05) is 0 Å². The summed E-state index contributed by atoms with van der Waals surface area (Å²) in [7, 11) is 0. The van der Waals surface area contributed by atoms with Crippen molar-refractivity contribution in [2.24, 2.45) is 0 Å². The standard InChI is InChI=1S/C12H14FNO4/c1-12(2,3)18-11(17)14-9-4-7(6-15)10(16)5-8(9)13/h4-6,16H,1-3H3,(H,14,17). The molecule has 0 saturated heterocycles. The number of nitrogens with one attached hydrogen (secondary N) is 1. The quantitative estimate of drug-likeness (QED) is 0.629. The molecule has 0 aliphatic heterocycles. The molecule has 0 atom stereocenters. The first-order valence-corrected chi connectivity index (χ1v) is 5.20. The Balaban J connectivity index is 2.91. The van der Waals surface area contributed by atoms with E-state index in [9.17, 15) is 19.1 Å². The van der Waals surface area contributed by atoms with E-state index in [0.29, 0.717) is 6.29 Å². The molecule has 18 heavy (non-hydrogen) atoms. The van der Waals surface area contributed by atoms with E-state index in [1.165, 1.54) is 0 Å². The Hall–Kier alpha value is -2.11. The molecule has 1 aromatic carbocycles. The number of hydrogen-bond donors (Lipinski definition) is 2. The second-order valence-electron chi connectivity index (χ2n) is 4.64. The molecular formula is C12H14FNO4. The van der Waals surface area contributed by atoms with Crippen LogP contribution in [0.15, 0.2) is 12.1 Å². The fourth-order valence-corrected chi connectivity index (χ4v) is 1.18. The topological polar surface area (TPSA) is 75.6 Å². The van der Waals surface area contributed by atoms with Gasteiger partial charge in [-0.1, -0.05) is 0 Å². The van der Waals surface area contributed by atoms with Crippen LogP contribution < -0.4 is 5.32 Å². The van der Waals surface area contributed by atoms with Crippen LogP contribution in [0.5, 0.6) is 5.75 Å². The maximum absolute atomic E-state index is 13.4. The summed E-state index contributed by atoms with van der Waals surface area (Å²) in [5, 5.41) is 11.4. The van der Waals surface area contributed by atoms with Crippen LogP contribution in [0.2, 0.25) is 0 Å². The Labute approximate surface area is 104 Å². The molecule has 0 radical (unpaired) electrons. The van der Waals surface area contributed by atoms with Crippen LogP contribution in [0.3, 0.4) is 0 Å². The van der Waals surface area contributed by atoms with Crippen molar-refractivity contribution in [2.45, 2.75) is 26.4 Å². The number of benzene rings is 1. The molecule has 5 nitrogen and oxygen atoms in total. The maximum atomic E-state index is 13.4. The number of phenols is 1. The highest BCUT2D eigenvalue weighted by Gasteiger charge is 2.18. The minimum Gasteiger partial charge on any atom is -0.507 e. The Morgan fingerprint density at radius 3 is 2.56 bits per heavy atom. The predicted octanol–water partition coefficient (Wildman–Crippen LogP) is 2.69. The van der Waals surface area contributed by atoms with Crippen molar-refractivity contribution in [3.05, 3.63) is 23.5 Å². The normalized spacial score (nSPS) is 10.9. The number of halogens is 1. The van der Waals surface area contributed by atoms with Crippen LogP contribution in [0.1, 0.15) is 31.1 Å². The fraction of sp³-hybridized carbons (Fsp3) is 0.333. The summed E-state index contributed by atoms with van der Waals surface area (Å²) in [6, 6.07) is 1.78. The molecule has 0 aliphatic carbocycles. The molecule has 0 spiro atoms. The van der Waals surface area contributed by atoms with Gasteiger partial charge in [-0.2, -0.15) is 0 Å². The average molecular weight is 255 g/mol. The number of carbonyl (C=O) groups excluding carboxylic acids is 2. The lowest BCUT2D eigenvalue weighted by molar-refractivity contribution is 0.0635. The number of rotatable bonds is 2. The van der Waals surface area contributed by atoms with Crippen molar-refractivity contribution in [3.63, 3.8) is 0 Å². The van der Waals surface area contributed by atoms with E-state index in [0.717, 1.165) is 12.1 Å². The Kier molecular flexibility index (Phi) is 3.90. The zero-order valence-corrected chi connectivity index (χ0v) is 10.3. The number of anilines is 1. The summed E-state index contributed by atoms with van der Waals surface area (Å²) in [6.07, 6.45) is -0.487. The first-order chi connectivity index (χ1) is 8.23. The number of amides is 1. The lowest BCUT2D eigenvalue weighted by Crippen LogP contribution is -2.27. The van der Waals surface area contributed by atoms with Gasteiger partial charge in [-0.05, 0) is 26.8 Å². The largest absolute Gasteiger partial charge is 0.507 e. The van der Waals surface area contributed by atoms with Crippen molar-refractivity contribution in [1.82, 2.24) is 0 Å². The van der Waals surface area contributed by atoms with Crippen molar-refractivity contribution >= 4 is 18.1 Å². The molecule has 0 aromatic heterocycles. The van der Waals surface area contributed by atoms with E-state index in [-0.39, 0.29) is 11.3 Å². The lowest BCUT2D eigenvalue weighted by atomic mass is 10.2. The third-order valence-corrected chi connectivity index (χ3v) is 1.88. The van der Waals surface area contributed by atoms with Crippen LogP contribution in [0.25, 0.3) is 0 Å². The first-order valence-electron chi connectivity index (χ1n) is 5.20. The van der Waals surface area contributed by atoms with Crippen LogP contribution in [0.4, 0.5) is 14.9 Å². The van der Waals surface area contributed by atoms with Crippen molar-refractivity contribution in [1.29, 1.82) is 0 Å². The number of carbonyl (C=O) groups is 2. The Morgan fingerprint density at radius 1 is 1.44 bits per heavy atom. The SMILES string of the molecule is CC(C)(C)OC(=O)Nc1cc(C=O)c(O)cc1F. The smallest absolute Gasteiger partial charge is 0.412 e. The number of hydrogen-bond acceptors (Lipinski definition) is 4. The molecular weight excluding hydrogens is 241 g/mol. The van der Waals surface area contributed by atoms with Gasteiger partial charge in [0.15, 0.2) is 12.1 Å². The number of aromatic hydroxyl groups is 1. The molecule has 0 fully saturated rings. The van der Waals surface area contributed by atoms with E-state index < -0.39 is 23.3 Å². The van der Waals surface area contributed by atoms with Crippen LogP contribution in [0, 0.1) is 5.82 Å². The van der Waals surface area contributed by atoms with Gasteiger partial charge in [0.05, 0.1) is 11.3 Å². The summed E-state index contributed by atoms with van der Waals surface area (Å²) in [4.78, 5) is 22.0. The van der Waals surface area contributed by atoms with E-state index in [1.54, 1.807) is 20.8 Å². The second-order valence-corrected chi connectivity index (χ2v) is 4.64. The minimum atomic E-state index is -0.857. The van der Waals surface area contributed by atoms with Gasteiger partial charge in [0, 0.05) is 6.07 Å². The molecule has 2 N–H and O–H groups in total. The second kappa shape index (κ2) is 5.03. The molecule has 1 amide bonds. The summed E-state index contributed by atoms with van der Waals surface area (Å²) in [5.41, 5.74) is -1.07. The maximum Gasteiger partial charge on any atom is 0.412 e. The average Bonchev–Trinajstić information content (AvgIpc) is 2.19. The van der Waals surface area contributed by atoms with Crippen molar-refractivity contribution < 1.29 is 23.8 Å². The highest BCUT2D eigenvalue weighted by Crippen LogP contribution is 2.24. The molecule has 0 unspecified atom stereocenters. The summed E-state index contributed by atoms with van der Waals surface area (Å²) in [6.45, 7) is 4.99. The van der Waals surface area contributed by atoms with Crippen LogP contribution in [-0.2, 0) is 4.74 Å². The molecule has 1 aromatic rings. The fourth-order valence-electron chi connectivity index (χ4n) is 1.18. The van der Waals surface area contributed by atoms with Gasteiger partial charge in [-0.3, -0.25) is 10.1 Å². The lowest BCUT2D eigenvalue weighted by Gasteiger charge is -2.19. The molecule has 0 saturated carbocycles. The number of aldehydes is 1. The minimum absolute atomic E-state index is 0.123. The van der Waals surface area contributed by atoms with E-state index in [2.05, 4.69) is 5.32 Å². The van der Waals surface area contributed by atoms with Crippen LogP contribution >= 0.6 is 0 Å². The Morgan fingerprint density at radius 2 is 2.06 bits per heavy atom. The third kappa shape index (κ3) is 3.73. The summed E-state index contributed by atoms with van der Waals surface area (Å²) < 4.78 is 18.3.